The van der Waals surface area contributed by atoms with Crippen LogP contribution < -0.4 is 5.32 Å². The van der Waals surface area contributed by atoms with Crippen LogP contribution in [0, 0.1) is 0 Å². The number of hydrogen-bond acceptors (Lipinski definition) is 19. The lowest BCUT2D eigenvalue weighted by molar-refractivity contribution is -0.237. The second-order valence-electron chi connectivity index (χ2n) is 10.5. The zero-order valence-electron chi connectivity index (χ0n) is 27.4. The maximum Gasteiger partial charge on any atom is 0.303 e. The van der Waals surface area contributed by atoms with Crippen LogP contribution in [0.25, 0.3) is 0 Å². The molecular formula is C28H39NO17S2. The average molecular weight is 726 g/mol. The van der Waals surface area contributed by atoms with E-state index in [1.54, 1.807) is 0 Å². The summed E-state index contributed by atoms with van der Waals surface area (Å²) in [6, 6.07) is -1.19. The monoisotopic (exact) mass is 725 g/mol. The summed E-state index contributed by atoms with van der Waals surface area (Å²) in [6.45, 7) is 8.00. The molecule has 270 valence electrons. The number of ether oxygens (including phenoxy) is 9. The number of rotatable bonds is 13. The molecule has 2 aliphatic heterocycles. The van der Waals surface area contributed by atoms with Gasteiger partial charge in [0.1, 0.15) is 36.9 Å². The van der Waals surface area contributed by atoms with Crippen molar-refractivity contribution in [3.8, 4) is 0 Å². The van der Waals surface area contributed by atoms with Crippen LogP contribution >= 0.6 is 21.6 Å². The van der Waals surface area contributed by atoms with Gasteiger partial charge in [0.05, 0.1) is 0 Å². The van der Waals surface area contributed by atoms with Crippen molar-refractivity contribution in [1.82, 2.24) is 5.32 Å². The fraction of sp³-hybridized carbons (Fsp3) is 0.714. The van der Waals surface area contributed by atoms with Crippen LogP contribution in [0.15, 0.2) is 0 Å². The maximum atomic E-state index is 12.3. The van der Waals surface area contributed by atoms with E-state index < -0.39 is 121 Å². The Kier molecular flexibility index (Phi) is 15.9. The summed E-state index contributed by atoms with van der Waals surface area (Å²) in [6.07, 6.45) is -9.38. The lowest BCUT2D eigenvalue weighted by atomic mass is 9.97. The predicted molar refractivity (Wildman–Crippen MR) is 161 cm³/mol. The third kappa shape index (κ3) is 12.8. The molecule has 0 aromatic carbocycles. The van der Waals surface area contributed by atoms with Crippen LogP contribution in [-0.4, -0.2) is 121 Å². The Morgan fingerprint density at radius 1 is 0.479 bits per heavy atom. The van der Waals surface area contributed by atoms with E-state index in [0.29, 0.717) is 0 Å². The normalized spacial score (nSPS) is 29.7. The molecule has 2 aliphatic rings. The van der Waals surface area contributed by atoms with E-state index in [4.69, 9.17) is 42.6 Å². The van der Waals surface area contributed by atoms with E-state index in [0.717, 1.165) is 70.1 Å². The van der Waals surface area contributed by atoms with Gasteiger partial charge in [-0.15, -0.1) is 0 Å². The van der Waals surface area contributed by atoms with Crippen molar-refractivity contribution in [3.63, 3.8) is 0 Å². The van der Waals surface area contributed by atoms with Crippen molar-refractivity contribution in [2.75, 3.05) is 13.2 Å². The zero-order chi connectivity index (χ0) is 36.3. The van der Waals surface area contributed by atoms with Crippen molar-refractivity contribution in [2.24, 2.45) is 0 Å². The first-order valence-corrected chi connectivity index (χ1v) is 16.7. The fourth-order valence-corrected chi connectivity index (χ4v) is 7.62. The summed E-state index contributed by atoms with van der Waals surface area (Å²) in [7, 11) is 1.72. The van der Waals surface area contributed by atoms with Crippen molar-refractivity contribution in [3.05, 3.63) is 0 Å². The zero-order valence-corrected chi connectivity index (χ0v) is 29.1. The topological polar surface area (TPSA) is 232 Å². The van der Waals surface area contributed by atoms with Gasteiger partial charge in [0.15, 0.2) is 36.0 Å². The van der Waals surface area contributed by atoms with E-state index in [-0.39, 0.29) is 0 Å². The Balaban J connectivity index is 2.57. The molecule has 0 bridgehead atoms. The lowest BCUT2D eigenvalue weighted by Crippen LogP contribution is -2.65. The Labute approximate surface area is 283 Å². The van der Waals surface area contributed by atoms with Gasteiger partial charge in [-0.1, -0.05) is 21.6 Å². The molecule has 0 radical (unpaired) electrons. The molecule has 2 fully saturated rings. The van der Waals surface area contributed by atoms with Gasteiger partial charge in [0, 0.05) is 55.4 Å². The number of nitrogens with one attached hydrogen (secondary N) is 1. The third-order valence-electron chi connectivity index (χ3n) is 6.26. The van der Waals surface area contributed by atoms with Gasteiger partial charge >= 0.3 is 41.8 Å². The number of esters is 7. The summed E-state index contributed by atoms with van der Waals surface area (Å²) in [5.41, 5.74) is -2.41. The highest BCUT2D eigenvalue weighted by molar-refractivity contribution is 8.77. The summed E-state index contributed by atoms with van der Waals surface area (Å²) >= 11 is 0. The van der Waals surface area contributed by atoms with Gasteiger partial charge in [0.2, 0.25) is 5.91 Å². The highest BCUT2D eigenvalue weighted by Gasteiger charge is 2.55. The summed E-state index contributed by atoms with van der Waals surface area (Å²) in [5, 5.41) is 2.63. The molecule has 0 spiro atoms. The minimum Gasteiger partial charge on any atom is -0.463 e. The van der Waals surface area contributed by atoms with Crippen LogP contribution in [0.1, 0.15) is 55.4 Å². The number of carbonyl (C=O) groups excluding carboxylic acids is 8. The number of hydrogen-bond donors (Lipinski definition) is 1. The summed E-state index contributed by atoms with van der Waals surface area (Å²) in [4.78, 5) is 96.3. The van der Waals surface area contributed by atoms with Crippen LogP contribution in [0.2, 0.25) is 0 Å². The van der Waals surface area contributed by atoms with Gasteiger partial charge < -0.3 is 47.9 Å². The van der Waals surface area contributed by atoms with Gasteiger partial charge in [-0.3, -0.25) is 38.4 Å². The molecule has 0 saturated carbocycles. The predicted octanol–water partition coefficient (Wildman–Crippen LogP) is 0.107. The SMILES string of the molecule is CC(=O)N[C@@H]1[C@@H](OC(C)=O)[C@H](OC(C)=O)[C@@H](COC(C)=O)O[C@H]1SS[C@@H]1O[C@H](COC(C)=O)[C@@H](OC(C)=O)[C@H](OC(C)=O)[C@H]1OC(C)=O. The average Bonchev–Trinajstić information content (AvgIpc) is 2.93. The fourth-order valence-electron chi connectivity index (χ4n) is 4.75. The van der Waals surface area contributed by atoms with Crippen molar-refractivity contribution in [2.45, 2.75) is 115 Å². The minimum atomic E-state index is -1.44. The van der Waals surface area contributed by atoms with E-state index >= 15 is 0 Å². The standard InChI is InChI=1S/C28H39NO17S2/c1-11(30)29-21-24(42-16(6)35)22(40-14(4)33)19(9-38-12(2)31)45-27(21)47-48-28-26(44-18(8)37)25(43-17(7)36)23(41-15(5)34)20(46-28)10-39-13(3)32/h19-28H,9-10H2,1-8H3,(H,29,30)/t19-,20-,21-,22-,23-,24-,25+,26-,27+,28+/m1/s1. The Morgan fingerprint density at radius 3 is 1.25 bits per heavy atom. The molecule has 0 aliphatic carbocycles. The molecule has 10 atom stereocenters. The second-order valence-corrected chi connectivity index (χ2v) is 12.9. The van der Waals surface area contributed by atoms with Crippen LogP contribution in [0.3, 0.4) is 0 Å². The van der Waals surface area contributed by atoms with Crippen LogP contribution in [0.5, 0.6) is 0 Å². The number of carbonyl (C=O) groups is 8. The lowest BCUT2D eigenvalue weighted by Gasteiger charge is -2.46. The quantitative estimate of drug-likeness (QED) is 0.151. The highest BCUT2D eigenvalue weighted by Crippen LogP contribution is 2.44. The van der Waals surface area contributed by atoms with Crippen molar-refractivity contribution < 1.29 is 81.0 Å². The Morgan fingerprint density at radius 2 is 0.833 bits per heavy atom. The molecule has 0 unspecified atom stereocenters. The highest BCUT2D eigenvalue weighted by atomic mass is 33.1. The molecule has 2 rings (SSSR count). The van der Waals surface area contributed by atoms with E-state index in [9.17, 15) is 38.4 Å². The Hall–Kier alpha value is -3.62. The van der Waals surface area contributed by atoms with Gasteiger partial charge in [-0.05, 0) is 0 Å². The van der Waals surface area contributed by atoms with E-state index in [1.165, 1.54) is 6.92 Å². The number of amides is 1. The molecule has 1 N–H and O–H groups in total. The molecule has 18 nitrogen and oxygen atoms in total. The second kappa shape index (κ2) is 18.8. The van der Waals surface area contributed by atoms with Crippen molar-refractivity contribution >= 4 is 69.3 Å². The molecule has 0 aromatic heterocycles. The molecular weight excluding hydrogens is 686 g/mol. The smallest absolute Gasteiger partial charge is 0.303 e. The largest absolute Gasteiger partial charge is 0.463 e. The summed E-state index contributed by atoms with van der Waals surface area (Å²) < 4.78 is 49.7. The first kappa shape index (κ1) is 40.6. The van der Waals surface area contributed by atoms with Gasteiger partial charge in [0.25, 0.3) is 0 Å². The molecule has 0 aromatic rings. The van der Waals surface area contributed by atoms with Crippen LogP contribution in [-0.2, 0) is 81.0 Å². The van der Waals surface area contributed by atoms with E-state index in [1.807, 2.05) is 0 Å². The third-order valence-corrected chi connectivity index (χ3v) is 9.01. The molecule has 2 heterocycles. The molecule has 20 heteroatoms. The van der Waals surface area contributed by atoms with Gasteiger partial charge in [-0.2, -0.15) is 0 Å². The Bertz CT molecular complexity index is 1140. The van der Waals surface area contributed by atoms with Crippen LogP contribution in [0.4, 0.5) is 0 Å². The first-order chi connectivity index (χ1) is 22.4. The molecule has 48 heavy (non-hydrogen) atoms. The summed E-state index contributed by atoms with van der Waals surface area (Å²) in [5.74, 6) is -5.99. The molecule has 1 amide bonds. The maximum absolute atomic E-state index is 12.3. The molecule has 2 saturated heterocycles. The van der Waals surface area contributed by atoms with E-state index in [2.05, 4.69) is 5.32 Å². The van der Waals surface area contributed by atoms with Crippen molar-refractivity contribution in [1.29, 1.82) is 0 Å². The first-order valence-electron chi connectivity index (χ1n) is 14.4. The minimum absolute atomic E-state index is 0.446. The van der Waals surface area contributed by atoms with Gasteiger partial charge in [-0.25, -0.2) is 0 Å².